The largest absolute Gasteiger partial charge is 0.450 e. The van der Waals surface area contributed by atoms with Crippen LogP contribution in [0.1, 0.15) is 26.2 Å². The zero-order chi connectivity index (χ0) is 15.1. The molecule has 6 heteroatoms. The van der Waals surface area contributed by atoms with E-state index in [4.69, 9.17) is 4.74 Å². The third kappa shape index (κ3) is 4.81. The van der Waals surface area contributed by atoms with Crippen LogP contribution in [0.5, 0.6) is 0 Å². The van der Waals surface area contributed by atoms with Crippen LogP contribution >= 0.6 is 0 Å². The van der Waals surface area contributed by atoms with Gasteiger partial charge in [-0.15, -0.1) is 0 Å². The number of amides is 2. The summed E-state index contributed by atoms with van der Waals surface area (Å²) in [5, 5.41) is 3.04. The van der Waals surface area contributed by atoms with E-state index in [9.17, 15) is 9.59 Å². The van der Waals surface area contributed by atoms with Crippen LogP contribution in [0.25, 0.3) is 0 Å². The standard InChI is InChI=1S/C15H23N3O3/c1-2-21-15(20)18-11-5-13(6-12-18)16-14(19)7-10-17-8-3-4-9-17/h3-4,8-9,13H,2,5-7,10-12H2,1H3,(H,16,19). The van der Waals surface area contributed by atoms with E-state index in [1.54, 1.807) is 11.8 Å². The molecule has 6 nitrogen and oxygen atoms in total. The van der Waals surface area contributed by atoms with Gasteiger partial charge in [-0.05, 0) is 31.9 Å². The minimum Gasteiger partial charge on any atom is -0.450 e. The highest BCUT2D eigenvalue weighted by atomic mass is 16.6. The van der Waals surface area contributed by atoms with Gasteiger partial charge in [-0.2, -0.15) is 0 Å². The number of rotatable bonds is 5. The fraction of sp³-hybridized carbons (Fsp3) is 0.600. The first-order chi connectivity index (χ1) is 10.2. The predicted molar refractivity (Wildman–Crippen MR) is 78.8 cm³/mol. The second-order valence-electron chi connectivity index (χ2n) is 5.20. The fourth-order valence-electron chi connectivity index (χ4n) is 2.47. The zero-order valence-electron chi connectivity index (χ0n) is 12.5. The van der Waals surface area contributed by atoms with Gasteiger partial charge in [-0.1, -0.05) is 0 Å². The van der Waals surface area contributed by atoms with E-state index in [2.05, 4.69) is 5.32 Å². The molecular weight excluding hydrogens is 270 g/mol. The number of hydrogen-bond acceptors (Lipinski definition) is 3. The average Bonchev–Trinajstić information content (AvgIpc) is 2.99. The van der Waals surface area contributed by atoms with Gasteiger partial charge in [0.2, 0.25) is 5.91 Å². The van der Waals surface area contributed by atoms with Crippen LogP contribution < -0.4 is 5.32 Å². The monoisotopic (exact) mass is 293 g/mol. The van der Waals surface area contributed by atoms with Gasteiger partial charge in [0.25, 0.3) is 0 Å². The van der Waals surface area contributed by atoms with Crippen molar-refractivity contribution in [3.05, 3.63) is 24.5 Å². The Hall–Kier alpha value is -1.98. The lowest BCUT2D eigenvalue weighted by Gasteiger charge is -2.31. The molecule has 21 heavy (non-hydrogen) atoms. The lowest BCUT2D eigenvalue weighted by Crippen LogP contribution is -2.46. The molecule has 2 amide bonds. The van der Waals surface area contributed by atoms with Crippen molar-refractivity contribution in [2.45, 2.75) is 38.8 Å². The highest BCUT2D eigenvalue weighted by molar-refractivity contribution is 5.76. The number of aryl methyl sites for hydroxylation is 1. The summed E-state index contributed by atoms with van der Waals surface area (Å²) in [6, 6.07) is 4.05. The van der Waals surface area contributed by atoms with Crippen LogP contribution in [0.2, 0.25) is 0 Å². The van der Waals surface area contributed by atoms with E-state index in [0.717, 1.165) is 12.8 Å². The Morgan fingerprint density at radius 2 is 1.90 bits per heavy atom. The summed E-state index contributed by atoms with van der Waals surface area (Å²) in [6.45, 7) is 4.17. The van der Waals surface area contributed by atoms with Crippen molar-refractivity contribution in [2.24, 2.45) is 0 Å². The normalized spacial score (nSPS) is 15.8. The van der Waals surface area contributed by atoms with Crippen molar-refractivity contribution in [1.82, 2.24) is 14.8 Å². The van der Waals surface area contributed by atoms with Crippen molar-refractivity contribution in [3.63, 3.8) is 0 Å². The Labute approximate surface area is 125 Å². The lowest BCUT2D eigenvalue weighted by molar-refractivity contribution is -0.122. The molecule has 0 aromatic carbocycles. The second-order valence-corrected chi connectivity index (χ2v) is 5.20. The average molecular weight is 293 g/mol. The summed E-state index contributed by atoms with van der Waals surface area (Å²) in [6.07, 6.45) is 5.69. The molecule has 0 radical (unpaired) electrons. The number of ether oxygens (including phenoxy) is 1. The van der Waals surface area contributed by atoms with Gasteiger partial charge >= 0.3 is 6.09 Å². The number of likely N-dealkylation sites (tertiary alicyclic amines) is 1. The van der Waals surface area contributed by atoms with Crippen LogP contribution in [0, 0.1) is 0 Å². The van der Waals surface area contributed by atoms with E-state index >= 15 is 0 Å². The summed E-state index contributed by atoms with van der Waals surface area (Å²) in [5.41, 5.74) is 0. The number of nitrogens with one attached hydrogen (secondary N) is 1. The molecular formula is C15H23N3O3. The van der Waals surface area contributed by atoms with Crippen LogP contribution in [0.15, 0.2) is 24.5 Å². The molecule has 0 saturated carbocycles. The van der Waals surface area contributed by atoms with E-state index in [0.29, 0.717) is 32.7 Å². The molecule has 1 aliphatic heterocycles. The third-order valence-electron chi connectivity index (χ3n) is 3.65. The van der Waals surface area contributed by atoms with Gasteiger partial charge in [0.1, 0.15) is 0 Å². The molecule has 2 rings (SSSR count). The van der Waals surface area contributed by atoms with E-state index in [-0.39, 0.29) is 18.0 Å². The number of hydrogen-bond donors (Lipinski definition) is 1. The first-order valence-electron chi connectivity index (χ1n) is 7.51. The van der Waals surface area contributed by atoms with E-state index in [1.165, 1.54) is 0 Å². The summed E-state index contributed by atoms with van der Waals surface area (Å²) >= 11 is 0. The zero-order valence-corrected chi connectivity index (χ0v) is 12.5. The Balaban J connectivity index is 1.66. The van der Waals surface area contributed by atoms with Gasteiger partial charge < -0.3 is 19.5 Å². The molecule has 1 N–H and O–H groups in total. The minimum absolute atomic E-state index is 0.0679. The quantitative estimate of drug-likeness (QED) is 0.897. The molecule has 1 saturated heterocycles. The smallest absolute Gasteiger partial charge is 0.409 e. The van der Waals surface area contributed by atoms with Gasteiger partial charge in [-0.3, -0.25) is 4.79 Å². The summed E-state index contributed by atoms with van der Waals surface area (Å²) < 4.78 is 6.96. The van der Waals surface area contributed by atoms with Crippen molar-refractivity contribution >= 4 is 12.0 Å². The molecule has 116 valence electrons. The number of carbonyl (C=O) groups excluding carboxylic acids is 2. The van der Waals surface area contributed by atoms with Crippen molar-refractivity contribution in [2.75, 3.05) is 19.7 Å². The van der Waals surface area contributed by atoms with Gasteiger partial charge in [-0.25, -0.2) is 4.79 Å². The maximum atomic E-state index is 11.9. The molecule has 1 fully saturated rings. The van der Waals surface area contributed by atoms with Crippen LogP contribution in [-0.4, -0.2) is 47.2 Å². The van der Waals surface area contributed by atoms with E-state index in [1.807, 2.05) is 29.1 Å². The predicted octanol–water partition coefficient (Wildman–Crippen LogP) is 1.62. The molecule has 0 unspecified atom stereocenters. The maximum Gasteiger partial charge on any atom is 0.409 e. The molecule has 1 aromatic rings. The Kier molecular flexibility index (Phi) is 5.66. The summed E-state index contributed by atoms with van der Waals surface area (Å²) in [7, 11) is 0. The molecule has 0 bridgehead atoms. The number of nitrogens with zero attached hydrogens (tertiary/aromatic N) is 2. The summed E-state index contributed by atoms with van der Waals surface area (Å²) in [5.74, 6) is 0.0679. The highest BCUT2D eigenvalue weighted by Crippen LogP contribution is 2.11. The van der Waals surface area contributed by atoms with Crippen LogP contribution in [0.4, 0.5) is 4.79 Å². The minimum atomic E-state index is -0.255. The second kappa shape index (κ2) is 7.71. The highest BCUT2D eigenvalue weighted by Gasteiger charge is 2.24. The fourth-order valence-corrected chi connectivity index (χ4v) is 2.47. The Morgan fingerprint density at radius 1 is 1.24 bits per heavy atom. The van der Waals surface area contributed by atoms with Crippen LogP contribution in [-0.2, 0) is 16.1 Å². The summed E-state index contributed by atoms with van der Waals surface area (Å²) in [4.78, 5) is 25.2. The number of carbonyl (C=O) groups is 2. The van der Waals surface area contributed by atoms with Crippen molar-refractivity contribution < 1.29 is 14.3 Å². The topological polar surface area (TPSA) is 63.6 Å². The lowest BCUT2D eigenvalue weighted by atomic mass is 10.1. The first kappa shape index (κ1) is 15.4. The van der Waals surface area contributed by atoms with Gasteiger partial charge in [0.05, 0.1) is 6.61 Å². The van der Waals surface area contributed by atoms with Crippen molar-refractivity contribution in [3.8, 4) is 0 Å². The van der Waals surface area contributed by atoms with Crippen molar-refractivity contribution in [1.29, 1.82) is 0 Å². The number of piperidine rings is 1. The number of aromatic nitrogens is 1. The maximum absolute atomic E-state index is 11.9. The molecule has 0 aliphatic carbocycles. The van der Waals surface area contributed by atoms with Gasteiger partial charge in [0.15, 0.2) is 0 Å². The third-order valence-corrected chi connectivity index (χ3v) is 3.65. The molecule has 1 aromatic heterocycles. The Bertz CT molecular complexity index is 451. The molecule has 1 aliphatic rings. The Morgan fingerprint density at radius 3 is 2.52 bits per heavy atom. The van der Waals surface area contributed by atoms with Gasteiger partial charge in [0, 0.05) is 44.5 Å². The van der Waals surface area contributed by atoms with Crippen LogP contribution in [0.3, 0.4) is 0 Å². The van der Waals surface area contributed by atoms with E-state index < -0.39 is 0 Å². The molecule has 0 atom stereocenters. The SMILES string of the molecule is CCOC(=O)N1CCC(NC(=O)CCn2cccc2)CC1. The molecule has 2 heterocycles. The molecule has 0 spiro atoms. The first-order valence-corrected chi connectivity index (χ1v) is 7.51.